The van der Waals surface area contributed by atoms with E-state index in [2.05, 4.69) is 49.7 Å². The van der Waals surface area contributed by atoms with E-state index in [0.717, 1.165) is 37.6 Å². The molecule has 3 heteroatoms. The second kappa shape index (κ2) is 9.29. The van der Waals surface area contributed by atoms with Crippen LogP contribution in [0.4, 0.5) is 0 Å². The minimum absolute atomic E-state index is 0.699. The van der Waals surface area contributed by atoms with Gasteiger partial charge in [0, 0.05) is 18.8 Å². The Bertz CT molecular complexity index is 311. The highest BCUT2D eigenvalue weighted by molar-refractivity contribution is 7.98. The standard InChI is InChI=1S/C15H25NOS/c1-13(2)8-10-17-15-6-4-14(5-7-15)12-16-9-11-18-3/h4-7,13,16H,8-12H2,1-3H3. The number of hydrogen-bond acceptors (Lipinski definition) is 3. The molecule has 0 aliphatic rings. The highest BCUT2D eigenvalue weighted by atomic mass is 32.2. The van der Waals surface area contributed by atoms with Crippen LogP contribution in [0, 0.1) is 5.92 Å². The minimum atomic E-state index is 0.699. The van der Waals surface area contributed by atoms with Crippen LogP contribution in [0.5, 0.6) is 5.75 Å². The van der Waals surface area contributed by atoms with E-state index in [1.54, 1.807) is 0 Å². The molecule has 0 atom stereocenters. The van der Waals surface area contributed by atoms with Gasteiger partial charge in [0.1, 0.15) is 5.75 Å². The Morgan fingerprint density at radius 3 is 2.56 bits per heavy atom. The van der Waals surface area contributed by atoms with Gasteiger partial charge in [0.15, 0.2) is 0 Å². The summed E-state index contributed by atoms with van der Waals surface area (Å²) in [4.78, 5) is 0. The molecule has 0 spiro atoms. The van der Waals surface area contributed by atoms with Gasteiger partial charge >= 0.3 is 0 Å². The van der Waals surface area contributed by atoms with Crippen molar-refractivity contribution in [1.29, 1.82) is 0 Å². The maximum atomic E-state index is 5.69. The molecule has 0 unspecified atom stereocenters. The Balaban J connectivity index is 2.24. The molecule has 0 aromatic heterocycles. The first-order chi connectivity index (χ1) is 8.72. The summed E-state index contributed by atoms with van der Waals surface area (Å²) >= 11 is 1.87. The van der Waals surface area contributed by atoms with Gasteiger partial charge in [-0.2, -0.15) is 11.8 Å². The molecule has 0 radical (unpaired) electrons. The van der Waals surface area contributed by atoms with Crippen molar-refractivity contribution >= 4 is 11.8 Å². The van der Waals surface area contributed by atoms with Gasteiger partial charge in [0.2, 0.25) is 0 Å². The van der Waals surface area contributed by atoms with Crippen LogP contribution in [0.15, 0.2) is 24.3 Å². The molecule has 0 heterocycles. The van der Waals surface area contributed by atoms with Crippen LogP contribution in [0.2, 0.25) is 0 Å². The Morgan fingerprint density at radius 2 is 1.94 bits per heavy atom. The molecule has 1 rings (SSSR count). The lowest BCUT2D eigenvalue weighted by atomic mass is 10.1. The Hall–Kier alpha value is -0.670. The van der Waals surface area contributed by atoms with E-state index in [1.165, 1.54) is 5.56 Å². The summed E-state index contributed by atoms with van der Waals surface area (Å²) in [6, 6.07) is 8.39. The van der Waals surface area contributed by atoms with Crippen molar-refractivity contribution in [3.8, 4) is 5.75 Å². The average molecular weight is 267 g/mol. The Morgan fingerprint density at radius 1 is 1.22 bits per heavy atom. The molecular weight excluding hydrogens is 242 g/mol. The summed E-state index contributed by atoms with van der Waals surface area (Å²) < 4.78 is 5.69. The SMILES string of the molecule is CSCCNCc1ccc(OCCC(C)C)cc1. The molecule has 0 bridgehead atoms. The third-order valence-corrected chi connectivity index (χ3v) is 3.31. The van der Waals surface area contributed by atoms with Crippen LogP contribution < -0.4 is 10.1 Å². The van der Waals surface area contributed by atoms with E-state index in [0.29, 0.717) is 5.92 Å². The molecule has 1 N–H and O–H groups in total. The fraction of sp³-hybridized carbons (Fsp3) is 0.600. The topological polar surface area (TPSA) is 21.3 Å². The molecule has 18 heavy (non-hydrogen) atoms. The Kier molecular flexibility index (Phi) is 7.94. The summed E-state index contributed by atoms with van der Waals surface area (Å²) in [6.07, 6.45) is 3.24. The predicted molar refractivity (Wildman–Crippen MR) is 81.5 cm³/mol. The van der Waals surface area contributed by atoms with Gasteiger partial charge < -0.3 is 10.1 Å². The molecule has 0 amide bonds. The minimum Gasteiger partial charge on any atom is -0.494 e. The van der Waals surface area contributed by atoms with Crippen molar-refractivity contribution in [2.45, 2.75) is 26.8 Å². The van der Waals surface area contributed by atoms with Gasteiger partial charge in [-0.1, -0.05) is 26.0 Å². The maximum Gasteiger partial charge on any atom is 0.119 e. The van der Waals surface area contributed by atoms with Crippen molar-refractivity contribution in [3.05, 3.63) is 29.8 Å². The maximum absolute atomic E-state index is 5.69. The van der Waals surface area contributed by atoms with Gasteiger partial charge in [-0.25, -0.2) is 0 Å². The van der Waals surface area contributed by atoms with Crippen LogP contribution in [0.25, 0.3) is 0 Å². The third kappa shape index (κ3) is 6.92. The Labute approximate surface area is 116 Å². The summed E-state index contributed by atoms with van der Waals surface area (Å²) in [5, 5.41) is 3.42. The first-order valence-corrected chi connectivity index (χ1v) is 8.03. The van der Waals surface area contributed by atoms with Crippen LogP contribution in [0.3, 0.4) is 0 Å². The first kappa shape index (κ1) is 15.4. The molecular formula is C15H25NOS. The van der Waals surface area contributed by atoms with Crippen LogP contribution in [-0.2, 0) is 6.54 Å². The van der Waals surface area contributed by atoms with E-state index in [-0.39, 0.29) is 0 Å². The zero-order valence-corrected chi connectivity index (χ0v) is 12.6. The van der Waals surface area contributed by atoms with Crippen molar-refractivity contribution in [2.24, 2.45) is 5.92 Å². The molecule has 2 nitrogen and oxygen atoms in total. The largest absolute Gasteiger partial charge is 0.494 e. The fourth-order valence-electron chi connectivity index (χ4n) is 1.52. The second-order valence-corrected chi connectivity index (χ2v) is 5.83. The molecule has 1 aromatic carbocycles. The van der Waals surface area contributed by atoms with E-state index in [9.17, 15) is 0 Å². The lowest BCUT2D eigenvalue weighted by Gasteiger charge is -2.09. The van der Waals surface area contributed by atoms with Crippen molar-refractivity contribution < 1.29 is 4.74 Å². The summed E-state index contributed by atoms with van der Waals surface area (Å²) in [5.74, 6) is 2.84. The van der Waals surface area contributed by atoms with Crippen molar-refractivity contribution in [2.75, 3.05) is 25.2 Å². The van der Waals surface area contributed by atoms with Crippen LogP contribution in [-0.4, -0.2) is 25.2 Å². The van der Waals surface area contributed by atoms with Crippen molar-refractivity contribution in [1.82, 2.24) is 5.32 Å². The molecule has 0 saturated heterocycles. The highest BCUT2D eigenvalue weighted by Gasteiger charge is 1.97. The normalized spacial score (nSPS) is 10.9. The number of ether oxygens (including phenoxy) is 1. The zero-order chi connectivity index (χ0) is 13.2. The van der Waals surface area contributed by atoms with E-state index in [1.807, 2.05) is 11.8 Å². The van der Waals surface area contributed by atoms with Crippen LogP contribution >= 0.6 is 11.8 Å². The van der Waals surface area contributed by atoms with Crippen molar-refractivity contribution in [3.63, 3.8) is 0 Å². The van der Waals surface area contributed by atoms with Gasteiger partial charge in [0.25, 0.3) is 0 Å². The van der Waals surface area contributed by atoms with Gasteiger partial charge in [-0.15, -0.1) is 0 Å². The number of rotatable bonds is 9. The first-order valence-electron chi connectivity index (χ1n) is 6.63. The number of nitrogens with one attached hydrogen (secondary N) is 1. The molecule has 0 aliphatic carbocycles. The molecule has 0 fully saturated rings. The van der Waals surface area contributed by atoms with E-state index >= 15 is 0 Å². The van der Waals surface area contributed by atoms with Gasteiger partial charge in [0.05, 0.1) is 6.61 Å². The summed E-state index contributed by atoms with van der Waals surface area (Å²) in [7, 11) is 0. The smallest absolute Gasteiger partial charge is 0.119 e. The molecule has 0 aliphatic heterocycles. The second-order valence-electron chi connectivity index (χ2n) is 4.84. The predicted octanol–water partition coefficient (Wildman–Crippen LogP) is 3.56. The number of hydrogen-bond donors (Lipinski definition) is 1. The highest BCUT2D eigenvalue weighted by Crippen LogP contribution is 2.13. The lowest BCUT2D eigenvalue weighted by molar-refractivity contribution is 0.289. The monoisotopic (exact) mass is 267 g/mol. The number of thioether (sulfide) groups is 1. The van der Waals surface area contributed by atoms with E-state index in [4.69, 9.17) is 4.74 Å². The fourth-order valence-corrected chi connectivity index (χ4v) is 1.87. The van der Waals surface area contributed by atoms with E-state index < -0.39 is 0 Å². The molecule has 1 aromatic rings. The third-order valence-electron chi connectivity index (χ3n) is 2.70. The number of benzene rings is 1. The lowest BCUT2D eigenvalue weighted by Crippen LogP contribution is -2.16. The molecule has 102 valence electrons. The van der Waals surface area contributed by atoms with Gasteiger partial charge in [-0.05, 0) is 36.3 Å². The zero-order valence-electron chi connectivity index (χ0n) is 11.7. The summed E-state index contributed by atoms with van der Waals surface area (Å²) in [5.41, 5.74) is 1.31. The quantitative estimate of drug-likeness (QED) is 0.691. The van der Waals surface area contributed by atoms with Crippen LogP contribution in [0.1, 0.15) is 25.8 Å². The summed E-state index contributed by atoms with van der Waals surface area (Å²) in [6.45, 7) is 7.24. The van der Waals surface area contributed by atoms with Gasteiger partial charge in [-0.3, -0.25) is 0 Å². The molecule has 0 saturated carbocycles. The average Bonchev–Trinajstić information content (AvgIpc) is 2.36.